The van der Waals surface area contributed by atoms with Crippen molar-refractivity contribution in [3.05, 3.63) is 210 Å². The van der Waals surface area contributed by atoms with Gasteiger partial charge in [0.25, 0.3) is 0 Å². The second-order valence-electron chi connectivity index (χ2n) is 13.5. The molecule has 256 valence electrons. The molecule has 0 heterocycles. The third kappa shape index (κ3) is 5.15. The van der Waals surface area contributed by atoms with Gasteiger partial charge in [-0.1, -0.05) is 158 Å². The minimum Gasteiger partial charge on any atom is -0.497 e. The molecule has 9 aromatic carbocycles. The first-order valence-corrected chi connectivity index (χ1v) is 19.5. The van der Waals surface area contributed by atoms with E-state index in [0.717, 1.165) is 49.7 Å². The Kier molecular flexibility index (Phi) is 8.10. The molecule has 0 amide bonds. The first-order valence-electron chi connectivity index (χ1n) is 17.8. The van der Waals surface area contributed by atoms with Crippen LogP contribution in [0.3, 0.4) is 0 Å². The smallest absolute Gasteiger partial charge is 0.171 e. The molecule has 0 radical (unpaired) electrons. The molecule has 53 heavy (non-hydrogen) atoms. The number of rotatable bonds is 9. The fourth-order valence-electron chi connectivity index (χ4n) is 8.37. The summed E-state index contributed by atoms with van der Waals surface area (Å²) in [5.74, 6) is 1.57. The van der Waals surface area contributed by atoms with Gasteiger partial charge >= 0.3 is 0 Å². The maximum Gasteiger partial charge on any atom is 0.171 e. The molecule has 0 saturated heterocycles. The first kappa shape index (κ1) is 32.7. The quantitative estimate of drug-likeness (QED) is 0.0853. The lowest BCUT2D eigenvalue weighted by atomic mass is 9.63. The number of ether oxygens (including phenoxy) is 2. The zero-order valence-electron chi connectivity index (χ0n) is 29.6. The van der Waals surface area contributed by atoms with Gasteiger partial charge in [0.2, 0.25) is 0 Å². The van der Waals surface area contributed by atoms with Crippen molar-refractivity contribution >= 4 is 55.4 Å². The first-order chi connectivity index (χ1) is 26.0. The van der Waals surface area contributed by atoms with E-state index in [1.807, 2.05) is 84.9 Å². The van der Waals surface area contributed by atoms with E-state index in [1.165, 1.54) is 32.3 Å². The Hall–Kier alpha value is -6.15. The van der Waals surface area contributed by atoms with Gasteiger partial charge in [0, 0.05) is 15.9 Å². The molecular weight excluding hydrogens is 668 g/mol. The zero-order chi connectivity index (χ0) is 36.0. The summed E-state index contributed by atoms with van der Waals surface area (Å²) in [5.41, 5.74) is 3.58. The van der Waals surface area contributed by atoms with Crippen molar-refractivity contribution in [2.24, 2.45) is 0 Å². The molecule has 0 unspecified atom stereocenters. The van der Waals surface area contributed by atoms with E-state index in [1.54, 1.807) is 14.2 Å². The molecule has 0 spiro atoms. The zero-order valence-corrected chi connectivity index (χ0v) is 30.5. The normalized spacial score (nSPS) is 12.0. The van der Waals surface area contributed by atoms with Crippen LogP contribution in [0.5, 0.6) is 11.5 Å². The fraction of sp³-hybridized carbons (Fsp3) is 0.0612. The standard InChI is InChI=1S/C49H37O3P/c1-51-40-27-21-37(22-28-40)49(38-23-29-41(52-2)30-24-38,46-33-36-13-9-11-34-19-20-35-12-10-18-45(46)48(35)47(34)36)39-25-31-44(32-26-39)53(50,42-14-5-3-6-15-42)43-16-7-4-8-17-43/h3-33H,1-2H3. The molecule has 0 atom stereocenters. The van der Waals surface area contributed by atoms with Gasteiger partial charge in [-0.3, -0.25) is 0 Å². The predicted octanol–water partition coefficient (Wildman–Crippen LogP) is 10.6. The molecule has 3 nitrogen and oxygen atoms in total. The van der Waals surface area contributed by atoms with Gasteiger partial charge in [-0.2, -0.15) is 0 Å². The molecular formula is C49H37O3P. The molecule has 0 fully saturated rings. The van der Waals surface area contributed by atoms with Crippen LogP contribution in [0, 0.1) is 0 Å². The van der Waals surface area contributed by atoms with E-state index >= 15 is 4.57 Å². The summed E-state index contributed by atoms with van der Waals surface area (Å²) in [4.78, 5) is 0. The topological polar surface area (TPSA) is 35.5 Å². The van der Waals surface area contributed by atoms with E-state index < -0.39 is 12.6 Å². The van der Waals surface area contributed by atoms with Gasteiger partial charge in [-0.05, 0) is 84.9 Å². The second-order valence-corrected chi connectivity index (χ2v) is 16.3. The van der Waals surface area contributed by atoms with Gasteiger partial charge < -0.3 is 14.0 Å². The molecule has 0 N–H and O–H groups in total. The van der Waals surface area contributed by atoms with Crippen LogP contribution in [0.4, 0.5) is 0 Å². The van der Waals surface area contributed by atoms with Crippen LogP contribution < -0.4 is 25.4 Å². The third-order valence-electron chi connectivity index (χ3n) is 10.9. The van der Waals surface area contributed by atoms with Crippen LogP contribution in [0.25, 0.3) is 32.3 Å². The van der Waals surface area contributed by atoms with Crippen molar-refractivity contribution in [3.63, 3.8) is 0 Å². The number of benzene rings is 9. The van der Waals surface area contributed by atoms with Crippen LogP contribution in [-0.4, -0.2) is 14.2 Å². The highest BCUT2D eigenvalue weighted by atomic mass is 31.2. The number of hydrogen-bond acceptors (Lipinski definition) is 3. The number of methoxy groups -OCH3 is 2. The van der Waals surface area contributed by atoms with Crippen LogP contribution >= 0.6 is 7.14 Å². The molecule has 4 heteroatoms. The molecule has 0 aliphatic rings. The Labute approximate surface area is 309 Å². The lowest BCUT2D eigenvalue weighted by molar-refractivity contribution is 0.414. The molecule has 9 rings (SSSR count). The minimum atomic E-state index is -3.20. The van der Waals surface area contributed by atoms with Crippen LogP contribution in [-0.2, 0) is 9.98 Å². The highest BCUT2D eigenvalue weighted by Gasteiger charge is 2.41. The van der Waals surface area contributed by atoms with Crippen LogP contribution in [0.15, 0.2) is 188 Å². The second kappa shape index (κ2) is 13.1. The Morgan fingerprint density at radius 2 is 0.849 bits per heavy atom. The van der Waals surface area contributed by atoms with Crippen molar-refractivity contribution in [1.82, 2.24) is 0 Å². The molecule has 9 aromatic rings. The summed E-state index contributed by atoms with van der Waals surface area (Å²) >= 11 is 0. The van der Waals surface area contributed by atoms with E-state index in [0.29, 0.717) is 0 Å². The summed E-state index contributed by atoms with van der Waals surface area (Å²) in [6.07, 6.45) is 0. The molecule has 0 aliphatic heterocycles. The van der Waals surface area contributed by atoms with Gasteiger partial charge in [-0.25, -0.2) is 0 Å². The minimum absolute atomic E-state index is 0.784. The average molecular weight is 705 g/mol. The summed E-state index contributed by atoms with van der Waals surface area (Å²) < 4.78 is 26.8. The van der Waals surface area contributed by atoms with E-state index in [9.17, 15) is 0 Å². The molecule has 0 saturated carbocycles. The van der Waals surface area contributed by atoms with Crippen molar-refractivity contribution in [3.8, 4) is 11.5 Å². The van der Waals surface area contributed by atoms with Crippen molar-refractivity contribution in [2.75, 3.05) is 14.2 Å². The predicted molar refractivity (Wildman–Crippen MR) is 221 cm³/mol. The lowest BCUT2D eigenvalue weighted by Gasteiger charge is -2.38. The monoisotopic (exact) mass is 704 g/mol. The van der Waals surface area contributed by atoms with E-state index in [-0.39, 0.29) is 0 Å². The Morgan fingerprint density at radius 3 is 1.36 bits per heavy atom. The van der Waals surface area contributed by atoms with E-state index in [4.69, 9.17) is 9.47 Å². The van der Waals surface area contributed by atoms with Crippen molar-refractivity contribution < 1.29 is 14.0 Å². The average Bonchev–Trinajstić information content (AvgIpc) is 3.24. The van der Waals surface area contributed by atoms with Crippen LogP contribution in [0.1, 0.15) is 22.3 Å². The van der Waals surface area contributed by atoms with Gasteiger partial charge in [-0.15, -0.1) is 0 Å². The lowest BCUT2D eigenvalue weighted by Crippen LogP contribution is -2.32. The largest absolute Gasteiger partial charge is 0.497 e. The van der Waals surface area contributed by atoms with Gasteiger partial charge in [0.1, 0.15) is 11.5 Å². The maximum atomic E-state index is 15.5. The fourth-order valence-corrected chi connectivity index (χ4v) is 11.0. The van der Waals surface area contributed by atoms with Crippen LogP contribution in [0.2, 0.25) is 0 Å². The Bertz CT molecular complexity index is 2650. The summed E-state index contributed by atoms with van der Waals surface area (Å²) in [6.45, 7) is 0. The SMILES string of the molecule is COc1ccc(C(c2ccc(OC)cc2)(c2ccc(P(=O)(c3ccccc3)c3ccccc3)cc2)c2cc3cccc4ccc5cccc2c5c43)cc1. The van der Waals surface area contributed by atoms with Gasteiger partial charge in [0.05, 0.1) is 19.6 Å². The third-order valence-corrected chi connectivity index (χ3v) is 13.9. The summed E-state index contributed by atoms with van der Waals surface area (Å²) in [7, 11) is 0.194. The Balaban J connectivity index is 1.39. The highest BCUT2D eigenvalue weighted by molar-refractivity contribution is 7.85. The van der Waals surface area contributed by atoms with Gasteiger partial charge in [0.15, 0.2) is 7.14 Å². The molecule has 0 aromatic heterocycles. The number of hydrogen-bond donors (Lipinski definition) is 0. The van der Waals surface area contributed by atoms with E-state index in [2.05, 4.69) is 103 Å². The van der Waals surface area contributed by atoms with Crippen molar-refractivity contribution in [2.45, 2.75) is 5.41 Å². The highest BCUT2D eigenvalue weighted by Crippen LogP contribution is 2.51. The summed E-state index contributed by atoms with van der Waals surface area (Å²) in [5, 5.41) is 9.70. The Morgan fingerprint density at radius 1 is 0.415 bits per heavy atom. The van der Waals surface area contributed by atoms with Crippen molar-refractivity contribution in [1.29, 1.82) is 0 Å². The molecule has 0 bridgehead atoms. The molecule has 0 aliphatic carbocycles. The maximum absolute atomic E-state index is 15.5. The summed E-state index contributed by atoms with van der Waals surface area (Å²) in [6, 6.07) is 65.2.